The standard InChI is InChI=1S/C20H19BF2N6/c1-12-10-13(2)27(26-12)19-17(16-8-6-5-7-9-16)18-20(25-24-19)28-14(3)11-15(4)29(28)21(18,22)23/h5-11H,1-4H3. The van der Waals surface area contributed by atoms with Crippen LogP contribution in [0.15, 0.2) is 42.5 Å². The fraction of sp³-hybridized carbons (Fsp3) is 0.200. The molecule has 1 aliphatic heterocycles. The average molecular weight is 392 g/mol. The van der Waals surface area contributed by atoms with Crippen molar-refractivity contribution in [2.45, 2.75) is 27.7 Å². The molecule has 4 heterocycles. The van der Waals surface area contributed by atoms with Crippen molar-refractivity contribution in [1.82, 2.24) is 24.7 Å². The number of hydrogen-bond donors (Lipinski definition) is 0. The van der Waals surface area contributed by atoms with Crippen LogP contribution in [0, 0.1) is 27.7 Å². The lowest BCUT2D eigenvalue weighted by Crippen LogP contribution is -2.66. The molecule has 0 bridgehead atoms. The molecule has 6 nitrogen and oxygen atoms in total. The van der Waals surface area contributed by atoms with E-state index in [-0.39, 0.29) is 11.3 Å². The van der Waals surface area contributed by atoms with E-state index in [2.05, 4.69) is 15.3 Å². The summed E-state index contributed by atoms with van der Waals surface area (Å²) in [7, 11) is 0. The van der Waals surface area contributed by atoms with Gasteiger partial charge in [-0.15, -0.1) is 10.2 Å². The topological polar surface area (TPSA) is 52.4 Å². The molecule has 0 atom stereocenters. The van der Waals surface area contributed by atoms with Crippen molar-refractivity contribution in [2.24, 2.45) is 0 Å². The molecule has 29 heavy (non-hydrogen) atoms. The van der Waals surface area contributed by atoms with Crippen LogP contribution < -0.4 is 10.1 Å². The molecule has 0 N–H and O–H groups in total. The molecule has 1 aliphatic rings. The molecule has 146 valence electrons. The van der Waals surface area contributed by atoms with Gasteiger partial charge in [-0.1, -0.05) is 30.3 Å². The molecule has 0 amide bonds. The number of benzene rings is 1. The van der Waals surface area contributed by atoms with Crippen molar-refractivity contribution in [1.29, 1.82) is 0 Å². The number of aromatic nitrogens is 6. The third-order valence-corrected chi connectivity index (χ3v) is 5.43. The lowest BCUT2D eigenvalue weighted by atomic mass is 9.69. The van der Waals surface area contributed by atoms with E-state index in [1.807, 2.05) is 50.2 Å². The fourth-order valence-corrected chi connectivity index (χ4v) is 4.35. The van der Waals surface area contributed by atoms with Crippen LogP contribution in [0.2, 0.25) is 0 Å². The molecule has 0 saturated heterocycles. The highest BCUT2D eigenvalue weighted by molar-refractivity contribution is 6.75. The monoisotopic (exact) mass is 392 g/mol. The molecule has 4 aromatic rings. The van der Waals surface area contributed by atoms with Gasteiger partial charge in [0.05, 0.1) is 11.4 Å². The van der Waals surface area contributed by atoms with Crippen molar-refractivity contribution >= 4 is 12.3 Å². The molecule has 9 heteroatoms. The van der Waals surface area contributed by atoms with E-state index in [9.17, 15) is 0 Å². The Morgan fingerprint density at radius 3 is 2.24 bits per heavy atom. The predicted octanol–water partition coefficient (Wildman–Crippen LogP) is 2.59. The zero-order valence-corrected chi connectivity index (χ0v) is 16.6. The summed E-state index contributed by atoms with van der Waals surface area (Å²) in [5, 5.41) is 13.1. The molecule has 0 saturated carbocycles. The van der Waals surface area contributed by atoms with Crippen molar-refractivity contribution in [3.8, 4) is 22.8 Å². The predicted molar refractivity (Wildman–Crippen MR) is 106 cm³/mol. The number of halogens is 2. The first-order valence-electron chi connectivity index (χ1n) is 9.44. The zero-order valence-electron chi connectivity index (χ0n) is 16.6. The summed E-state index contributed by atoms with van der Waals surface area (Å²) in [6.45, 7) is 3.13. The largest absolute Gasteiger partial charge is 0.671 e. The van der Waals surface area contributed by atoms with Gasteiger partial charge < -0.3 is 8.63 Å². The summed E-state index contributed by atoms with van der Waals surface area (Å²) in [4.78, 5) is 0. The van der Waals surface area contributed by atoms with E-state index in [4.69, 9.17) is 0 Å². The maximum Gasteiger partial charge on any atom is 0.671 e. The smallest absolute Gasteiger partial charge is 0.406 e. The zero-order chi connectivity index (χ0) is 20.5. The Kier molecular flexibility index (Phi) is 3.56. The van der Waals surface area contributed by atoms with Gasteiger partial charge in [0.15, 0.2) is 17.3 Å². The summed E-state index contributed by atoms with van der Waals surface area (Å²) < 4.78 is 35.8. The first-order valence-corrected chi connectivity index (χ1v) is 9.44. The maximum atomic E-state index is 15.9. The summed E-state index contributed by atoms with van der Waals surface area (Å²) in [5.41, 5.74) is 3.69. The molecule has 0 unspecified atom stereocenters. The van der Waals surface area contributed by atoms with Gasteiger partial charge in [0.25, 0.3) is 0 Å². The second-order valence-electron chi connectivity index (χ2n) is 7.55. The van der Waals surface area contributed by atoms with E-state index in [1.54, 1.807) is 24.6 Å². The lowest BCUT2D eigenvalue weighted by molar-refractivity contribution is -0.644. The van der Waals surface area contributed by atoms with Crippen LogP contribution >= 0.6 is 0 Å². The summed E-state index contributed by atoms with van der Waals surface area (Å²) in [6.07, 6.45) is 0. The highest BCUT2D eigenvalue weighted by Gasteiger charge is 2.56. The van der Waals surface area contributed by atoms with Gasteiger partial charge in [-0.3, -0.25) is 4.59 Å². The second-order valence-corrected chi connectivity index (χ2v) is 7.55. The van der Waals surface area contributed by atoms with Crippen LogP contribution in [0.25, 0.3) is 22.8 Å². The number of rotatable bonds is 2. The lowest BCUT2D eigenvalue weighted by Gasteiger charge is -2.18. The first-order chi connectivity index (χ1) is 13.8. The van der Waals surface area contributed by atoms with Gasteiger partial charge in [0.1, 0.15) is 0 Å². The number of hydrogen-bond acceptors (Lipinski definition) is 3. The van der Waals surface area contributed by atoms with Gasteiger partial charge in [-0.05, 0) is 32.4 Å². The van der Waals surface area contributed by atoms with Crippen LogP contribution in [-0.2, 0) is 0 Å². The van der Waals surface area contributed by atoms with E-state index in [0.717, 1.165) is 16.0 Å². The van der Waals surface area contributed by atoms with E-state index < -0.39 is 6.84 Å². The molecular formula is C20H19BF2N6. The average Bonchev–Trinajstić information content (AvgIpc) is 3.26. The van der Waals surface area contributed by atoms with Gasteiger partial charge in [-0.25, -0.2) is 4.68 Å². The third kappa shape index (κ3) is 2.33. The second kappa shape index (κ2) is 5.82. The maximum absolute atomic E-state index is 15.9. The Labute approximate surface area is 166 Å². The highest BCUT2D eigenvalue weighted by Crippen LogP contribution is 2.31. The van der Waals surface area contributed by atoms with E-state index >= 15 is 8.63 Å². The van der Waals surface area contributed by atoms with Crippen LogP contribution in [0.4, 0.5) is 8.63 Å². The van der Waals surface area contributed by atoms with Crippen LogP contribution in [0.1, 0.15) is 22.8 Å². The minimum absolute atomic E-state index is 0.0967. The summed E-state index contributed by atoms with van der Waals surface area (Å²) in [5.74, 6) is 0.480. The van der Waals surface area contributed by atoms with Crippen molar-refractivity contribution in [3.63, 3.8) is 0 Å². The Hall–Kier alpha value is -3.36. The van der Waals surface area contributed by atoms with Crippen LogP contribution in [0.3, 0.4) is 0 Å². The Morgan fingerprint density at radius 1 is 0.897 bits per heavy atom. The van der Waals surface area contributed by atoms with Crippen molar-refractivity contribution in [2.75, 3.05) is 0 Å². The Morgan fingerprint density at radius 2 is 1.59 bits per heavy atom. The minimum atomic E-state index is -4.09. The molecular weight excluding hydrogens is 373 g/mol. The Bertz CT molecular complexity index is 1280. The van der Waals surface area contributed by atoms with Gasteiger partial charge in [0, 0.05) is 29.7 Å². The number of aryl methyl sites for hydroxylation is 4. The van der Waals surface area contributed by atoms with Gasteiger partial charge in [0.2, 0.25) is 0 Å². The third-order valence-electron chi connectivity index (χ3n) is 5.43. The molecule has 0 spiro atoms. The summed E-state index contributed by atoms with van der Waals surface area (Å²) in [6, 6.07) is 12.8. The highest BCUT2D eigenvalue weighted by atomic mass is 19.2. The quantitative estimate of drug-likeness (QED) is 0.493. The number of fused-ring (bicyclic) bond motifs is 3. The van der Waals surface area contributed by atoms with Gasteiger partial charge in [-0.2, -0.15) is 9.78 Å². The minimum Gasteiger partial charge on any atom is -0.406 e. The van der Waals surface area contributed by atoms with Crippen molar-refractivity contribution < 1.29 is 13.2 Å². The normalized spacial score (nSPS) is 14.1. The molecule has 3 aromatic heterocycles. The Balaban J connectivity index is 1.92. The van der Waals surface area contributed by atoms with Gasteiger partial charge >= 0.3 is 6.84 Å². The summed E-state index contributed by atoms with van der Waals surface area (Å²) >= 11 is 0. The van der Waals surface area contributed by atoms with Crippen molar-refractivity contribution in [3.05, 3.63) is 65.2 Å². The number of nitrogens with zero attached hydrogens (tertiary/aromatic N) is 6. The van der Waals surface area contributed by atoms with Crippen LogP contribution in [0.5, 0.6) is 0 Å². The SMILES string of the molecule is Cc1cc(C)n(-c2nnc3c(c2-c2ccccc2)[B-](F)(F)[n+]2c(C)cc(C)n2-3)n1. The molecule has 0 fully saturated rings. The van der Waals surface area contributed by atoms with E-state index in [1.165, 1.54) is 4.68 Å². The van der Waals surface area contributed by atoms with E-state index in [0.29, 0.717) is 28.3 Å². The molecule has 1 aromatic carbocycles. The molecule has 0 radical (unpaired) electrons. The molecule has 0 aliphatic carbocycles. The molecule has 5 rings (SSSR count). The van der Waals surface area contributed by atoms with Crippen LogP contribution in [-0.4, -0.2) is 31.5 Å². The first kappa shape index (κ1) is 17.7. The fourth-order valence-electron chi connectivity index (χ4n) is 4.35.